The van der Waals surface area contributed by atoms with Crippen LogP contribution < -0.4 is 5.32 Å². The average Bonchev–Trinajstić information content (AvgIpc) is 2.93. The smallest absolute Gasteiger partial charge is 0.0119 e. The van der Waals surface area contributed by atoms with Crippen LogP contribution in [-0.2, 0) is 0 Å². The van der Waals surface area contributed by atoms with E-state index in [0.29, 0.717) is 5.92 Å². The Morgan fingerprint density at radius 1 is 1.38 bits per heavy atom. The highest BCUT2D eigenvalue weighted by Crippen LogP contribution is 2.35. The van der Waals surface area contributed by atoms with Gasteiger partial charge in [0.25, 0.3) is 0 Å². The molecular weight excluding hydrogens is 214 g/mol. The topological polar surface area (TPSA) is 12.0 Å². The first-order valence-corrected chi connectivity index (χ1v) is 7.38. The maximum absolute atomic E-state index is 3.77. The fourth-order valence-electron chi connectivity index (χ4n) is 2.39. The van der Waals surface area contributed by atoms with Crippen LogP contribution in [0.5, 0.6) is 0 Å². The van der Waals surface area contributed by atoms with Gasteiger partial charge in [0.2, 0.25) is 0 Å². The molecule has 1 fully saturated rings. The molecule has 1 N–H and O–H groups in total. The van der Waals surface area contributed by atoms with E-state index in [0.717, 1.165) is 24.4 Å². The van der Waals surface area contributed by atoms with Crippen LogP contribution in [0.25, 0.3) is 0 Å². The van der Waals surface area contributed by atoms with Gasteiger partial charge < -0.3 is 5.32 Å². The van der Waals surface area contributed by atoms with Crippen molar-refractivity contribution in [2.75, 3.05) is 6.54 Å². The number of hydrogen-bond donors (Lipinski definition) is 1. The van der Waals surface area contributed by atoms with Crippen molar-refractivity contribution in [2.24, 2.45) is 11.8 Å². The summed E-state index contributed by atoms with van der Waals surface area (Å²) >= 11 is 1.80. The highest BCUT2D eigenvalue weighted by molar-refractivity contribution is 7.07. The Morgan fingerprint density at radius 2 is 2.12 bits per heavy atom. The number of nitrogens with one attached hydrogen (secondary N) is 1. The molecule has 1 saturated carbocycles. The maximum Gasteiger partial charge on any atom is 0.0119 e. The van der Waals surface area contributed by atoms with E-state index in [1.807, 2.05) is 0 Å². The molecule has 2 rings (SSSR count). The van der Waals surface area contributed by atoms with Gasteiger partial charge in [0, 0.05) is 12.6 Å². The second kappa shape index (κ2) is 5.33. The van der Waals surface area contributed by atoms with Crippen LogP contribution in [0.2, 0.25) is 0 Å². The largest absolute Gasteiger partial charge is 0.313 e. The summed E-state index contributed by atoms with van der Waals surface area (Å²) in [6.45, 7) is 8.12. The number of thiophene rings is 1. The molecule has 0 saturated heterocycles. The second-order valence-electron chi connectivity index (χ2n) is 5.47. The van der Waals surface area contributed by atoms with Crippen LogP contribution in [0.4, 0.5) is 0 Å². The van der Waals surface area contributed by atoms with Crippen LogP contribution in [-0.4, -0.2) is 12.6 Å². The zero-order valence-corrected chi connectivity index (χ0v) is 11.4. The molecule has 1 aliphatic carbocycles. The number of rotatable bonds is 6. The summed E-state index contributed by atoms with van der Waals surface area (Å²) in [7, 11) is 0. The molecule has 0 spiro atoms. The highest BCUT2D eigenvalue weighted by Gasteiger charge is 2.32. The second-order valence-corrected chi connectivity index (χ2v) is 6.25. The molecule has 0 amide bonds. The lowest BCUT2D eigenvalue weighted by atomic mass is 9.97. The third-order valence-corrected chi connectivity index (χ3v) is 4.32. The van der Waals surface area contributed by atoms with Crippen molar-refractivity contribution in [1.82, 2.24) is 5.32 Å². The molecular formula is C14H23NS. The standard InChI is InChI=1S/C14H23NS/c1-10(2)14(12-4-5-12)15-8-11(3)13-6-7-16-9-13/h6-7,9-12,14-15H,4-5,8H2,1-3H3. The summed E-state index contributed by atoms with van der Waals surface area (Å²) < 4.78 is 0. The molecule has 1 aliphatic rings. The molecule has 1 heterocycles. The van der Waals surface area contributed by atoms with Crippen molar-refractivity contribution < 1.29 is 0 Å². The lowest BCUT2D eigenvalue weighted by Crippen LogP contribution is -2.37. The van der Waals surface area contributed by atoms with Gasteiger partial charge in [-0.15, -0.1) is 0 Å². The zero-order chi connectivity index (χ0) is 11.5. The third-order valence-electron chi connectivity index (χ3n) is 3.62. The van der Waals surface area contributed by atoms with Gasteiger partial charge in [0.15, 0.2) is 0 Å². The van der Waals surface area contributed by atoms with Crippen LogP contribution in [0, 0.1) is 11.8 Å². The maximum atomic E-state index is 3.77. The normalized spacial score (nSPS) is 20.0. The molecule has 2 heteroatoms. The van der Waals surface area contributed by atoms with Crippen LogP contribution in [0.1, 0.15) is 45.1 Å². The van der Waals surface area contributed by atoms with Gasteiger partial charge in [-0.1, -0.05) is 20.8 Å². The molecule has 0 radical (unpaired) electrons. The summed E-state index contributed by atoms with van der Waals surface area (Å²) in [6, 6.07) is 2.99. The fraction of sp³-hybridized carbons (Fsp3) is 0.714. The van der Waals surface area contributed by atoms with E-state index in [1.165, 1.54) is 18.4 Å². The van der Waals surface area contributed by atoms with Gasteiger partial charge in [-0.25, -0.2) is 0 Å². The first kappa shape index (κ1) is 12.1. The van der Waals surface area contributed by atoms with Crippen molar-refractivity contribution in [3.05, 3.63) is 22.4 Å². The van der Waals surface area contributed by atoms with Gasteiger partial charge in [-0.3, -0.25) is 0 Å². The van der Waals surface area contributed by atoms with Crippen LogP contribution in [0.15, 0.2) is 16.8 Å². The first-order chi connectivity index (χ1) is 7.68. The van der Waals surface area contributed by atoms with E-state index in [9.17, 15) is 0 Å². The summed E-state index contributed by atoms with van der Waals surface area (Å²) in [5.74, 6) is 2.36. The molecule has 1 nitrogen and oxygen atoms in total. The van der Waals surface area contributed by atoms with Crippen molar-refractivity contribution in [2.45, 2.75) is 45.6 Å². The molecule has 0 bridgehead atoms. The quantitative estimate of drug-likeness (QED) is 0.792. The molecule has 1 aromatic rings. The molecule has 0 aliphatic heterocycles. The minimum Gasteiger partial charge on any atom is -0.313 e. The predicted octanol–water partition coefficient (Wildman–Crippen LogP) is 3.88. The van der Waals surface area contributed by atoms with E-state index in [4.69, 9.17) is 0 Å². The van der Waals surface area contributed by atoms with Crippen molar-refractivity contribution in [3.63, 3.8) is 0 Å². The van der Waals surface area contributed by atoms with Gasteiger partial charge >= 0.3 is 0 Å². The third kappa shape index (κ3) is 3.08. The van der Waals surface area contributed by atoms with E-state index < -0.39 is 0 Å². The Kier molecular flexibility index (Phi) is 4.04. The van der Waals surface area contributed by atoms with Crippen molar-refractivity contribution in [1.29, 1.82) is 0 Å². The number of hydrogen-bond acceptors (Lipinski definition) is 2. The lowest BCUT2D eigenvalue weighted by molar-refractivity contribution is 0.354. The van der Waals surface area contributed by atoms with E-state index >= 15 is 0 Å². The zero-order valence-electron chi connectivity index (χ0n) is 10.6. The Hall–Kier alpha value is -0.340. The summed E-state index contributed by atoms with van der Waals surface area (Å²) in [5, 5.41) is 8.22. The molecule has 16 heavy (non-hydrogen) atoms. The summed E-state index contributed by atoms with van der Waals surface area (Å²) in [5.41, 5.74) is 1.48. The average molecular weight is 237 g/mol. The van der Waals surface area contributed by atoms with E-state index in [1.54, 1.807) is 11.3 Å². The summed E-state index contributed by atoms with van der Waals surface area (Å²) in [6.07, 6.45) is 2.87. The van der Waals surface area contributed by atoms with Crippen molar-refractivity contribution >= 4 is 11.3 Å². The summed E-state index contributed by atoms with van der Waals surface area (Å²) in [4.78, 5) is 0. The Labute approximate surface area is 103 Å². The van der Waals surface area contributed by atoms with Crippen LogP contribution in [0.3, 0.4) is 0 Å². The highest BCUT2D eigenvalue weighted by atomic mass is 32.1. The van der Waals surface area contributed by atoms with Gasteiger partial charge in [-0.2, -0.15) is 11.3 Å². The Bertz CT molecular complexity index is 299. The van der Waals surface area contributed by atoms with E-state index in [-0.39, 0.29) is 0 Å². The molecule has 1 aromatic heterocycles. The van der Waals surface area contributed by atoms with Crippen LogP contribution >= 0.6 is 11.3 Å². The van der Waals surface area contributed by atoms with Crippen molar-refractivity contribution in [3.8, 4) is 0 Å². The minimum atomic E-state index is 0.645. The monoisotopic (exact) mass is 237 g/mol. The Morgan fingerprint density at radius 3 is 2.62 bits per heavy atom. The van der Waals surface area contributed by atoms with Gasteiger partial charge in [-0.05, 0) is 53.0 Å². The molecule has 90 valence electrons. The van der Waals surface area contributed by atoms with E-state index in [2.05, 4.69) is 42.9 Å². The molecule has 0 aromatic carbocycles. The fourth-order valence-corrected chi connectivity index (χ4v) is 3.17. The molecule has 2 unspecified atom stereocenters. The van der Waals surface area contributed by atoms with Gasteiger partial charge in [0.05, 0.1) is 0 Å². The minimum absolute atomic E-state index is 0.645. The predicted molar refractivity (Wildman–Crippen MR) is 72.1 cm³/mol. The SMILES string of the molecule is CC(CNC(C(C)C)C1CC1)c1ccsc1. The Balaban J connectivity index is 1.81. The lowest BCUT2D eigenvalue weighted by Gasteiger charge is -2.24. The van der Waals surface area contributed by atoms with Gasteiger partial charge in [0.1, 0.15) is 0 Å². The molecule has 2 atom stereocenters. The first-order valence-electron chi connectivity index (χ1n) is 6.44.